The van der Waals surface area contributed by atoms with Gasteiger partial charge < -0.3 is 9.47 Å². The van der Waals surface area contributed by atoms with Crippen molar-refractivity contribution in [2.75, 3.05) is 19.8 Å². The Morgan fingerprint density at radius 2 is 1.94 bits per heavy atom. The van der Waals surface area contributed by atoms with Crippen molar-refractivity contribution in [1.82, 2.24) is 0 Å². The SMILES string of the molecule is O=C(Cc1ccc(S)cc1)OCC1CCOCC1. The molecule has 0 aliphatic carbocycles. The highest BCUT2D eigenvalue weighted by molar-refractivity contribution is 7.80. The Hall–Kier alpha value is -1.00. The average molecular weight is 266 g/mol. The van der Waals surface area contributed by atoms with Crippen LogP contribution < -0.4 is 0 Å². The van der Waals surface area contributed by atoms with Crippen LogP contribution in [0.2, 0.25) is 0 Å². The predicted octanol–water partition coefficient (Wildman–Crippen LogP) is 2.49. The summed E-state index contributed by atoms with van der Waals surface area (Å²) >= 11 is 4.20. The molecule has 1 aliphatic heterocycles. The Morgan fingerprint density at radius 1 is 1.28 bits per heavy atom. The van der Waals surface area contributed by atoms with Crippen LogP contribution in [-0.4, -0.2) is 25.8 Å². The highest BCUT2D eigenvalue weighted by Gasteiger charge is 2.15. The van der Waals surface area contributed by atoms with Crippen LogP contribution in [0.1, 0.15) is 18.4 Å². The lowest BCUT2D eigenvalue weighted by molar-refractivity contribution is -0.145. The van der Waals surface area contributed by atoms with Crippen LogP contribution in [0.5, 0.6) is 0 Å². The summed E-state index contributed by atoms with van der Waals surface area (Å²) in [4.78, 5) is 12.6. The van der Waals surface area contributed by atoms with Gasteiger partial charge in [0.05, 0.1) is 13.0 Å². The van der Waals surface area contributed by atoms with E-state index in [2.05, 4.69) is 12.6 Å². The van der Waals surface area contributed by atoms with E-state index in [9.17, 15) is 4.79 Å². The molecule has 18 heavy (non-hydrogen) atoms. The van der Waals surface area contributed by atoms with Crippen molar-refractivity contribution in [3.63, 3.8) is 0 Å². The number of ether oxygens (including phenoxy) is 2. The quantitative estimate of drug-likeness (QED) is 0.672. The highest BCUT2D eigenvalue weighted by Crippen LogP contribution is 2.15. The van der Waals surface area contributed by atoms with Crippen LogP contribution >= 0.6 is 12.6 Å². The molecular weight excluding hydrogens is 248 g/mol. The van der Waals surface area contributed by atoms with Gasteiger partial charge in [0.1, 0.15) is 0 Å². The third-order valence-corrected chi connectivity index (χ3v) is 3.40. The summed E-state index contributed by atoms with van der Waals surface area (Å²) in [5.41, 5.74) is 0.963. The molecule has 0 amide bonds. The number of carbonyl (C=O) groups is 1. The predicted molar refractivity (Wildman–Crippen MR) is 71.9 cm³/mol. The molecule has 0 spiro atoms. The maximum Gasteiger partial charge on any atom is 0.310 e. The van der Waals surface area contributed by atoms with Gasteiger partial charge in [0, 0.05) is 18.1 Å². The molecule has 0 radical (unpaired) electrons. The Balaban J connectivity index is 1.73. The normalized spacial score (nSPS) is 16.5. The number of rotatable bonds is 4. The summed E-state index contributed by atoms with van der Waals surface area (Å²) in [7, 11) is 0. The molecule has 0 N–H and O–H groups in total. The zero-order chi connectivity index (χ0) is 12.8. The first-order chi connectivity index (χ1) is 8.74. The monoisotopic (exact) mass is 266 g/mol. The molecule has 0 saturated carbocycles. The average Bonchev–Trinajstić information content (AvgIpc) is 2.40. The van der Waals surface area contributed by atoms with Crippen LogP contribution in [0, 0.1) is 5.92 Å². The molecule has 98 valence electrons. The topological polar surface area (TPSA) is 35.5 Å². The molecule has 3 nitrogen and oxygen atoms in total. The summed E-state index contributed by atoms with van der Waals surface area (Å²) in [5, 5.41) is 0. The summed E-state index contributed by atoms with van der Waals surface area (Å²) in [6.45, 7) is 2.09. The fourth-order valence-corrected chi connectivity index (χ4v) is 2.10. The Bertz CT molecular complexity index is 383. The van der Waals surface area contributed by atoms with Crippen molar-refractivity contribution in [1.29, 1.82) is 0 Å². The van der Waals surface area contributed by atoms with Crippen LogP contribution in [-0.2, 0) is 20.7 Å². The molecule has 1 aromatic carbocycles. The molecule has 0 unspecified atom stereocenters. The van der Waals surface area contributed by atoms with Gasteiger partial charge in [0.25, 0.3) is 0 Å². The Morgan fingerprint density at radius 3 is 2.61 bits per heavy atom. The van der Waals surface area contributed by atoms with Crippen LogP contribution in [0.15, 0.2) is 29.2 Å². The molecule has 1 heterocycles. The van der Waals surface area contributed by atoms with E-state index in [1.54, 1.807) is 0 Å². The van der Waals surface area contributed by atoms with E-state index in [0.717, 1.165) is 36.5 Å². The smallest absolute Gasteiger partial charge is 0.310 e. The second-order valence-corrected chi connectivity index (χ2v) is 5.10. The third-order valence-electron chi connectivity index (χ3n) is 3.11. The number of thiol groups is 1. The Kier molecular flexibility index (Phi) is 5.08. The highest BCUT2D eigenvalue weighted by atomic mass is 32.1. The molecule has 4 heteroatoms. The molecule has 1 aliphatic rings. The number of esters is 1. The van der Waals surface area contributed by atoms with E-state index >= 15 is 0 Å². The van der Waals surface area contributed by atoms with Gasteiger partial charge in [0.15, 0.2) is 0 Å². The standard InChI is InChI=1S/C14H18O3S/c15-14(9-11-1-3-13(18)4-2-11)17-10-12-5-7-16-8-6-12/h1-4,12,18H,5-10H2. The first-order valence-electron chi connectivity index (χ1n) is 6.25. The molecule has 2 rings (SSSR count). The fraction of sp³-hybridized carbons (Fsp3) is 0.500. The van der Waals surface area contributed by atoms with Crippen molar-refractivity contribution in [3.05, 3.63) is 29.8 Å². The maximum absolute atomic E-state index is 11.7. The largest absolute Gasteiger partial charge is 0.465 e. The molecule has 1 aromatic rings. The minimum Gasteiger partial charge on any atom is -0.465 e. The van der Waals surface area contributed by atoms with Gasteiger partial charge in [-0.05, 0) is 36.5 Å². The van der Waals surface area contributed by atoms with Crippen molar-refractivity contribution < 1.29 is 14.3 Å². The first kappa shape index (κ1) is 13.4. The van der Waals surface area contributed by atoms with E-state index in [1.165, 1.54) is 0 Å². The van der Waals surface area contributed by atoms with Crippen molar-refractivity contribution in [2.45, 2.75) is 24.2 Å². The van der Waals surface area contributed by atoms with Crippen LogP contribution in [0.3, 0.4) is 0 Å². The molecule has 0 bridgehead atoms. The molecule has 0 atom stereocenters. The van der Waals surface area contributed by atoms with E-state index in [4.69, 9.17) is 9.47 Å². The second-order valence-electron chi connectivity index (χ2n) is 4.58. The fourth-order valence-electron chi connectivity index (χ4n) is 1.96. The van der Waals surface area contributed by atoms with Gasteiger partial charge in [-0.1, -0.05) is 12.1 Å². The van der Waals surface area contributed by atoms with Crippen molar-refractivity contribution in [3.8, 4) is 0 Å². The van der Waals surface area contributed by atoms with Gasteiger partial charge in [-0.15, -0.1) is 12.6 Å². The maximum atomic E-state index is 11.7. The number of benzene rings is 1. The summed E-state index contributed by atoms with van der Waals surface area (Å²) < 4.78 is 10.6. The van der Waals surface area contributed by atoms with E-state index in [-0.39, 0.29) is 5.97 Å². The zero-order valence-corrected chi connectivity index (χ0v) is 11.2. The minimum atomic E-state index is -0.159. The van der Waals surface area contributed by atoms with E-state index in [1.807, 2.05) is 24.3 Å². The number of carbonyl (C=O) groups excluding carboxylic acids is 1. The van der Waals surface area contributed by atoms with Crippen LogP contribution in [0.4, 0.5) is 0 Å². The van der Waals surface area contributed by atoms with Gasteiger partial charge in [-0.2, -0.15) is 0 Å². The van der Waals surface area contributed by atoms with Gasteiger partial charge in [-0.25, -0.2) is 0 Å². The summed E-state index contributed by atoms with van der Waals surface area (Å²) in [6, 6.07) is 7.56. The third kappa shape index (κ3) is 4.35. The second kappa shape index (κ2) is 6.81. The van der Waals surface area contributed by atoms with Crippen LogP contribution in [0.25, 0.3) is 0 Å². The number of hydrogen-bond donors (Lipinski definition) is 1. The zero-order valence-electron chi connectivity index (χ0n) is 10.3. The van der Waals surface area contributed by atoms with Crippen molar-refractivity contribution in [2.24, 2.45) is 5.92 Å². The molecule has 1 fully saturated rings. The first-order valence-corrected chi connectivity index (χ1v) is 6.70. The molecule has 0 aromatic heterocycles. The van der Waals surface area contributed by atoms with E-state index < -0.39 is 0 Å². The summed E-state index contributed by atoms with van der Waals surface area (Å²) in [6.07, 6.45) is 2.31. The lowest BCUT2D eigenvalue weighted by Gasteiger charge is -2.21. The molecular formula is C14H18O3S. The summed E-state index contributed by atoms with van der Waals surface area (Å²) in [5.74, 6) is 0.302. The lowest BCUT2D eigenvalue weighted by Crippen LogP contribution is -2.22. The van der Waals surface area contributed by atoms with E-state index in [0.29, 0.717) is 18.9 Å². The molecule has 1 saturated heterocycles. The van der Waals surface area contributed by atoms with Gasteiger partial charge in [-0.3, -0.25) is 4.79 Å². The van der Waals surface area contributed by atoms with Gasteiger partial charge >= 0.3 is 5.97 Å². The lowest BCUT2D eigenvalue weighted by atomic mass is 10.0. The van der Waals surface area contributed by atoms with Gasteiger partial charge in [0.2, 0.25) is 0 Å². The minimum absolute atomic E-state index is 0.159. The number of hydrogen-bond acceptors (Lipinski definition) is 4. The Labute approximate surface area is 113 Å². The van der Waals surface area contributed by atoms with Crippen molar-refractivity contribution >= 4 is 18.6 Å².